The van der Waals surface area contributed by atoms with Gasteiger partial charge < -0.3 is 9.72 Å². The maximum atomic E-state index is 12.0. The first kappa shape index (κ1) is 14.7. The highest BCUT2D eigenvalue weighted by Crippen LogP contribution is 2.15. The van der Waals surface area contributed by atoms with Crippen LogP contribution in [0, 0.1) is 0 Å². The van der Waals surface area contributed by atoms with Gasteiger partial charge in [-0.1, -0.05) is 42.5 Å². The van der Waals surface area contributed by atoms with E-state index in [0.29, 0.717) is 11.1 Å². The number of carbonyl (C=O) groups is 2. The molecule has 2 aromatic carbocycles. The molecule has 0 atom stereocenters. The van der Waals surface area contributed by atoms with Gasteiger partial charge in [-0.05, 0) is 12.1 Å². The third-order valence-corrected chi connectivity index (χ3v) is 3.32. The van der Waals surface area contributed by atoms with Gasteiger partial charge in [0, 0.05) is 23.5 Å². The van der Waals surface area contributed by atoms with Crippen molar-refractivity contribution in [2.45, 2.75) is 0 Å². The summed E-state index contributed by atoms with van der Waals surface area (Å²) in [6.07, 6.45) is 3.39. The Morgan fingerprint density at radius 1 is 0.957 bits per heavy atom. The summed E-state index contributed by atoms with van der Waals surface area (Å²) in [6, 6.07) is 15.6. The first-order valence-electron chi connectivity index (χ1n) is 7.09. The average Bonchev–Trinajstić information content (AvgIpc) is 3.15. The molecule has 1 aromatic heterocycles. The predicted octanol–water partition coefficient (Wildman–Crippen LogP) is 3.12. The first-order valence-corrected chi connectivity index (χ1v) is 7.09. The van der Waals surface area contributed by atoms with Crippen molar-refractivity contribution < 1.29 is 14.3 Å². The van der Waals surface area contributed by atoms with E-state index in [9.17, 15) is 9.59 Å². The molecule has 0 aliphatic rings. The van der Waals surface area contributed by atoms with Gasteiger partial charge in [0.25, 0.3) is 0 Å². The predicted molar refractivity (Wildman–Crippen MR) is 85.1 cm³/mol. The Morgan fingerprint density at radius 2 is 1.70 bits per heavy atom. The van der Waals surface area contributed by atoms with Gasteiger partial charge >= 0.3 is 5.97 Å². The van der Waals surface area contributed by atoms with Crippen LogP contribution in [0.25, 0.3) is 11.4 Å². The van der Waals surface area contributed by atoms with Gasteiger partial charge in [-0.15, -0.1) is 0 Å². The van der Waals surface area contributed by atoms with Crippen LogP contribution in [-0.4, -0.2) is 28.3 Å². The summed E-state index contributed by atoms with van der Waals surface area (Å²) in [5.74, 6) is -0.0318. The van der Waals surface area contributed by atoms with Crippen molar-refractivity contribution in [1.82, 2.24) is 9.97 Å². The lowest BCUT2D eigenvalue weighted by Crippen LogP contribution is -2.14. The average molecular weight is 306 g/mol. The number of imidazole rings is 1. The normalized spacial score (nSPS) is 10.3. The van der Waals surface area contributed by atoms with Crippen LogP contribution in [-0.2, 0) is 4.74 Å². The number of H-pyrrole nitrogens is 1. The molecule has 0 bridgehead atoms. The van der Waals surface area contributed by atoms with Crippen LogP contribution >= 0.6 is 0 Å². The van der Waals surface area contributed by atoms with Gasteiger partial charge in [-0.2, -0.15) is 0 Å². The Morgan fingerprint density at radius 3 is 2.35 bits per heavy atom. The van der Waals surface area contributed by atoms with Crippen LogP contribution in [0.2, 0.25) is 0 Å². The highest BCUT2D eigenvalue weighted by molar-refractivity contribution is 5.99. The number of ketones is 1. The molecule has 0 saturated carbocycles. The number of nitrogens with one attached hydrogen (secondary N) is 1. The summed E-state index contributed by atoms with van der Waals surface area (Å²) in [6.45, 7) is -0.275. The van der Waals surface area contributed by atoms with Crippen molar-refractivity contribution in [2.24, 2.45) is 0 Å². The number of aromatic nitrogens is 2. The lowest BCUT2D eigenvalue weighted by atomic mass is 10.1. The highest BCUT2D eigenvalue weighted by atomic mass is 16.5. The fourth-order valence-electron chi connectivity index (χ4n) is 2.11. The van der Waals surface area contributed by atoms with E-state index in [1.54, 1.807) is 60.9 Å². The summed E-state index contributed by atoms with van der Waals surface area (Å²) in [5, 5.41) is 0. The second-order valence-corrected chi connectivity index (χ2v) is 4.88. The molecule has 114 valence electrons. The number of esters is 1. The molecule has 3 aromatic rings. The molecule has 5 heteroatoms. The van der Waals surface area contributed by atoms with Gasteiger partial charge in [-0.3, -0.25) is 4.79 Å². The topological polar surface area (TPSA) is 72.1 Å². The zero-order valence-electron chi connectivity index (χ0n) is 12.2. The molecule has 0 fully saturated rings. The minimum absolute atomic E-state index is 0.230. The molecule has 0 aliphatic carbocycles. The van der Waals surface area contributed by atoms with Crippen molar-refractivity contribution in [3.8, 4) is 11.4 Å². The van der Waals surface area contributed by atoms with Crippen molar-refractivity contribution in [3.05, 3.63) is 78.1 Å². The van der Waals surface area contributed by atoms with Crippen molar-refractivity contribution >= 4 is 11.8 Å². The minimum atomic E-state index is -0.528. The summed E-state index contributed by atoms with van der Waals surface area (Å²) >= 11 is 0. The number of ether oxygens (including phenoxy) is 1. The number of nitrogens with zero attached hydrogens (tertiary/aromatic N) is 1. The number of rotatable bonds is 5. The molecule has 0 unspecified atom stereocenters. The van der Waals surface area contributed by atoms with Crippen LogP contribution in [0.1, 0.15) is 20.7 Å². The first-order chi connectivity index (χ1) is 11.2. The van der Waals surface area contributed by atoms with Crippen LogP contribution in [0.5, 0.6) is 0 Å². The SMILES string of the molecule is O=C(COC(=O)c1ccc(-c2ncc[nH]2)cc1)c1ccccc1. The van der Waals surface area contributed by atoms with Crippen LogP contribution in [0.4, 0.5) is 0 Å². The van der Waals surface area contributed by atoms with E-state index < -0.39 is 5.97 Å². The lowest BCUT2D eigenvalue weighted by Gasteiger charge is -2.05. The van der Waals surface area contributed by atoms with Gasteiger partial charge in [0.1, 0.15) is 5.82 Å². The molecule has 1 heterocycles. The van der Waals surface area contributed by atoms with Crippen LogP contribution in [0.15, 0.2) is 67.0 Å². The quantitative estimate of drug-likeness (QED) is 0.580. The highest BCUT2D eigenvalue weighted by Gasteiger charge is 2.12. The van der Waals surface area contributed by atoms with E-state index >= 15 is 0 Å². The lowest BCUT2D eigenvalue weighted by molar-refractivity contribution is 0.0475. The van der Waals surface area contributed by atoms with E-state index in [4.69, 9.17) is 4.74 Å². The molecular weight excluding hydrogens is 292 g/mol. The standard InChI is InChI=1S/C18H14N2O3/c21-16(13-4-2-1-3-5-13)12-23-18(22)15-8-6-14(7-9-15)17-19-10-11-20-17/h1-11H,12H2,(H,19,20). The number of aromatic amines is 1. The van der Waals surface area contributed by atoms with E-state index in [2.05, 4.69) is 9.97 Å². The molecule has 5 nitrogen and oxygen atoms in total. The number of hydrogen-bond acceptors (Lipinski definition) is 4. The summed E-state index contributed by atoms with van der Waals surface area (Å²) < 4.78 is 5.06. The summed E-state index contributed by atoms with van der Waals surface area (Å²) in [7, 11) is 0. The number of benzene rings is 2. The number of Topliss-reactive ketones (excluding diaryl/α,β-unsaturated/α-hetero) is 1. The van der Waals surface area contributed by atoms with Crippen molar-refractivity contribution in [1.29, 1.82) is 0 Å². The zero-order chi connectivity index (χ0) is 16.1. The van der Waals surface area contributed by atoms with Crippen LogP contribution in [0.3, 0.4) is 0 Å². The van der Waals surface area contributed by atoms with Gasteiger partial charge in [0.2, 0.25) is 0 Å². The summed E-state index contributed by atoms with van der Waals surface area (Å²) in [5.41, 5.74) is 1.78. The third-order valence-electron chi connectivity index (χ3n) is 3.32. The number of carbonyl (C=O) groups excluding carboxylic acids is 2. The maximum absolute atomic E-state index is 12.0. The Bertz CT molecular complexity index is 794. The van der Waals surface area contributed by atoms with E-state index in [1.165, 1.54) is 0 Å². The van der Waals surface area contributed by atoms with E-state index in [-0.39, 0.29) is 12.4 Å². The molecule has 23 heavy (non-hydrogen) atoms. The molecule has 0 aliphatic heterocycles. The molecule has 0 amide bonds. The minimum Gasteiger partial charge on any atom is -0.454 e. The molecular formula is C18H14N2O3. The molecule has 0 saturated heterocycles. The van der Waals surface area contributed by atoms with Crippen molar-refractivity contribution in [2.75, 3.05) is 6.61 Å². The third kappa shape index (κ3) is 3.52. The Hall–Kier alpha value is -3.21. The number of hydrogen-bond donors (Lipinski definition) is 1. The van der Waals surface area contributed by atoms with Crippen molar-refractivity contribution in [3.63, 3.8) is 0 Å². The molecule has 3 rings (SSSR count). The Balaban J connectivity index is 1.61. The zero-order valence-corrected chi connectivity index (χ0v) is 12.2. The monoisotopic (exact) mass is 306 g/mol. The molecule has 0 spiro atoms. The smallest absolute Gasteiger partial charge is 0.338 e. The molecule has 1 N–H and O–H groups in total. The second-order valence-electron chi connectivity index (χ2n) is 4.88. The van der Waals surface area contributed by atoms with E-state index in [0.717, 1.165) is 11.4 Å². The molecule has 0 radical (unpaired) electrons. The largest absolute Gasteiger partial charge is 0.454 e. The van der Waals surface area contributed by atoms with Crippen LogP contribution < -0.4 is 0 Å². The van der Waals surface area contributed by atoms with Gasteiger partial charge in [-0.25, -0.2) is 9.78 Å². The Labute approximate surface area is 133 Å². The van der Waals surface area contributed by atoms with E-state index in [1.807, 2.05) is 6.07 Å². The van der Waals surface area contributed by atoms with Gasteiger partial charge in [0.15, 0.2) is 12.4 Å². The maximum Gasteiger partial charge on any atom is 0.338 e. The summed E-state index contributed by atoms with van der Waals surface area (Å²) in [4.78, 5) is 31.0. The fourth-order valence-corrected chi connectivity index (χ4v) is 2.11. The Kier molecular flexibility index (Phi) is 4.29. The van der Waals surface area contributed by atoms with Gasteiger partial charge in [0.05, 0.1) is 5.56 Å². The fraction of sp³-hybridized carbons (Fsp3) is 0.0556. The second kappa shape index (κ2) is 6.70.